The van der Waals surface area contributed by atoms with E-state index in [0.717, 1.165) is 5.39 Å². The Morgan fingerprint density at radius 3 is 2.26 bits per heavy atom. The standard InChI is InChI=1S/C20H25BN2O4/c1-18(2,3)25-17(24)23-15-9-8-13(12-22)10-14(15)11-16(23)21-26-19(4,5)20(6,7)27-21/h8-11H,1-7H3. The molecule has 0 saturated carbocycles. The summed E-state index contributed by atoms with van der Waals surface area (Å²) in [7, 11) is -0.722. The lowest BCUT2D eigenvalue weighted by atomic mass is 9.84. The van der Waals surface area contributed by atoms with Crippen molar-refractivity contribution in [3.63, 3.8) is 0 Å². The minimum atomic E-state index is -0.722. The second-order valence-electron chi connectivity index (χ2n) is 8.86. The van der Waals surface area contributed by atoms with Gasteiger partial charge in [0.2, 0.25) is 0 Å². The van der Waals surface area contributed by atoms with Gasteiger partial charge in [-0.2, -0.15) is 5.26 Å². The molecule has 1 aliphatic heterocycles. The molecule has 6 nitrogen and oxygen atoms in total. The van der Waals surface area contributed by atoms with Crippen LogP contribution >= 0.6 is 0 Å². The largest absolute Gasteiger partial charge is 0.513 e. The Hall–Kier alpha value is -2.30. The molecule has 7 heteroatoms. The highest BCUT2D eigenvalue weighted by atomic mass is 16.7. The minimum absolute atomic E-state index is 0.507. The zero-order valence-corrected chi connectivity index (χ0v) is 16.9. The Balaban J connectivity index is 2.15. The molecular weight excluding hydrogens is 343 g/mol. The number of carbonyl (C=O) groups excluding carboxylic acids is 1. The van der Waals surface area contributed by atoms with Crippen LogP contribution in [0.5, 0.6) is 0 Å². The first-order valence-corrected chi connectivity index (χ1v) is 8.99. The van der Waals surface area contributed by atoms with Gasteiger partial charge < -0.3 is 14.0 Å². The van der Waals surface area contributed by atoms with Crippen molar-refractivity contribution in [2.75, 3.05) is 0 Å². The summed E-state index contributed by atoms with van der Waals surface area (Å²) in [5, 5.41) is 9.94. The third kappa shape index (κ3) is 3.47. The Morgan fingerprint density at radius 2 is 1.74 bits per heavy atom. The Kier molecular flexibility index (Phi) is 4.41. The maximum atomic E-state index is 13.0. The predicted molar refractivity (Wildman–Crippen MR) is 104 cm³/mol. The van der Waals surface area contributed by atoms with Crippen molar-refractivity contribution in [2.45, 2.75) is 65.3 Å². The number of nitriles is 1. The van der Waals surface area contributed by atoms with Gasteiger partial charge in [-0.3, -0.25) is 4.57 Å². The number of ether oxygens (including phenoxy) is 1. The molecule has 3 rings (SSSR count). The highest BCUT2D eigenvalue weighted by molar-refractivity contribution is 6.62. The lowest BCUT2D eigenvalue weighted by Crippen LogP contribution is -2.43. The molecule has 0 amide bonds. The van der Waals surface area contributed by atoms with Crippen LogP contribution in [0.2, 0.25) is 0 Å². The molecule has 0 spiro atoms. The van der Waals surface area contributed by atoms with Crippen molar-refractivity contribution in [3.8, 4) is 6.07 Å². The van der Waals surface area contributed by atoms with Crippen molar-refractivity contribution >= 4 is 29.7 Å². The van der Waals surface area contributed by atoms with Crippen molar-refractivity contribution in [2.24, 2.45) is 0 Å². The van der Waals surface area contributed by atoms with Gasteiger partial charge in [0.1, 0.15) is 5.60 Å². The molecule has 1 aromatic heterocycles. The topological polar surface area (TPSA) is 73.5 Å². The van der Waals surface area contributed by atoms with Crippen molar-refractivity contribution < 1.29 is 18.8 Å². The van der Waals surface area contributed by atoms with Crippen molar-refractivity contribution in [1.29, 1.82) is 5.26 Å². The normalized spacial score (nSPS) is 18.5. The molecule has 2 aromatic rings. The van der Waals surface area contributed by atoms with Gasteiger partial charge in [-0.05, 0) is 72.7 Å². The monoisotopic (exact) mass is 368 g/mol. The molecule has 0 radical (unpaired) electrons. The molecule has 0 bridgehead atoms. The Morgan fingerprint density at radius 1 is 1.15 bits per heavy atom. The van der Waals surface area contributed by atoms with E-state index in [4.69, 9.17) is 14.0 Å². The van der Waals surface area contributed by atoms with E-state index in [-0.39, 0.29) is 0 Å². The number of hydrogen-bond acceptors (Lipinski definition) is 5. The molecule has 142 valence electrons. The number of benzene rings is 1. The van der Waals surface area contributed by atoms with E-state index in [2.05, 4.69) is 6.07 Å². The first-order chi connectivity index (χ1) is 12.3. The fourth-order valence-corrected chi connectivity index (χ4v) is 2.95. The number of nitrogens with zero attached hydrogens (tertiary/aromatic N) is 2. The minimum Gasteiger partial charge on any atom is -0.443 e. The van der Waals surface area contributed by atoms with Gasteiger partial charge in [-0.25, -0.2) is 4.79 Å². The summed E-state index contributed by atoms with van der Waals surface area (Å²) in [6, 6.07) is 9.11. The summed E-state index contributed by atoms with van der Waals surface area (Å²) in [5.41, 5.74) is -0.00617. The summed E-state index contributed by atoms with van der Waals surface area (Å²) in [6.07, 6.45) is -0.507. The molecular formula is C20H25BN2O4. The molecule has 0 N–H and O–H groups in total. The molecule has 0 atom stereocenters. The van der Waals surface area contributed by atoms with Crippen molar-refractivity contribution in [3.05, 3.63) is 29.8 Å². The Bertz CT molecular complexity index is 931. The summed E-state index contributed by atoms with van der Waals surface area (Å²) >= 11 is 0. The van der Waals surface area contributed by atoms with Crippen LogP contribution in [0.1, 0.15) is 54.0 Å². The molecule has 0 unspecified atom stereocenters. The van der Waals surface area contributed by atoms with E-state index < -0.39 is 30.0 Å². The highest BCUT2D eigenvalue weighted by Crippen LogP contribution is 2.37. The van der Waals surface area contributed by atoms with Gasteiger partial charge in [0.15, 0.2) is 0 Å². The van der Waals surface area contributed by atoms with E-state index >= 15 is 0 Å². The third-order valence-corrected chi connectivity index (χ3v) is 5.03. The average Bonchev–Trinajstić information content (AvgIpc) is 2.99. The molecule has 1 saturated heterocycles. The maximum Gasteiger partial charge on any atom is 0.513 e. The fourth-order valence-electron chi connectivity index (χ4n) is 2.95. The first-order valence-electron chi connectivity index (χ1n) is 8.99. The average molecular weight is 368 g/mol. The van der Waals surface area contributed by atoms with Crippen LogP contribution in [-0.2, 0) is 14.0 Å². The summed E-state index contributed by atoms with van der Waals surface area (Å²) < 4.78 is 19.4. The first kappa shape index (κ1) is 19.5. The highest BCUT2D eigenvalue weighted by Gasteiger charge is 2.53. The lowest BCUT2D eigenvalue weighted by molar-refractivity contribution is 0.00578. The number of fused-ring (bicyclic) bond motifs is 1. The number of hydrogen-bond donors (Lipinski definition) is 0. The fraction of sp³-hybridized carbons (Fsp3) is 0.500. The SMILES string of the molecule is CC(C)(C)OC(=O)n1c(B2OC(C)(C)C(C)(C)O2)cc2cc(C#N)ccc21. The van der Waals surface area contributed by atoms with Crippen LogP contribution in [-0.4, -0.2) is 34.6 Å². The summed E-state index contributed by atoms with van der Waals surface area (Å²) in [4.78, 5) is 13.0. The van der Waals surface area contributed by atoms with Crippen LogP contribution in [0.15, 0.2) is 24.3 Å². The third-order valence-electron chi connectivity index (χ3n) is 5.03. The summed E-state index contributed by atoms with van der Waals surface area (Å²) in [5.74, 6) is 0. The quantitative estimate of drug-likeness (QED) is 0.719. The van der Waals surface area contributed by atoms with Crippen LogP contribution < -0.4 is 5.59 Å². The number of aromatic nitrogens is 1. The van der Waals surface area contributed by atoms with Gasteiger partial charge in [-0.15, -0.1) is 0 Å². The molecule has 1 fully saturated rings. The van der Waals surface area contributed by atoms with Gasteiger partial charge in [0.05, 0.1) is 33.9 Å². The maximum absolute atomic E-state index is 13.0. The van der Waals surface area contributed by atoms with Gasteiger partial charge in [-0.1, -0.05) is 0 Å². The zero-order chi connectivity index (χ0) is 20.2. The molecule has 0 aliphatic carbocycles. The summed E-state index contributed by atoms with van der Waals surface area (Å²) in [6.45, 7) is 13.3. The number of rotatable bonds is 1. The van der Waals surface area contributed by atoms with E-state index in [1.165, 1.54) is 4.57 Å². The second-order valence-corrected chi connectivity index (χ2v) is 8.86. The predicted octanol–water partition coefficient (Wildman–Crippen LogP) is 3.60. The molecule has 1 aromatic carbocycles. The van der Waals surface area contributed by atoms with Crippen LogP contribution in [0.25, 0.3) is 10.9 Å². The van der Waals surface area contributed by atoms with Gasteiger partial charge >= 0.3 is 13.2 Å². The molecule has 2 heterocycles. The van der Waals surface area contributed by atoms with Crippen LogP contribution in [0, 0.1) is 11.3 Å². The van der Waals surface area contributed by atoms with E-state index in [1.807, 2.05) is 54.5 Å². The van der Waals surface area contributed by atoms with Gasteiger partial charge in [0.25, 0.3) is 0 Å². The smallest absolute Gasteiger partial charge is 0.443 e. The molecule has 27 heavy (non-hydrogen) atoms. The van der Waals surface area contributed by atoms with E-state index in [1.54, 1.807) is 18.2 Å². The van der Waals surface area contributed by atoms with E-state index in [0.29, 0.717) is 16.7 Å². The van der Waals surface area contributed by atoms with E-state index in [9.17, 15) is 10.1 Å². The van der Waals surface area contributed by atoms with Crippen LogP contribution in [0.4, 0.5) is 4.79 Å². The van der Waals surface area contributed by atoms with Crippen LogP contribution in [0.3, 0.4) is 0 Å². The number of carbonyl (C=O) groups is 1. The van der Waals surface area contributed by atoms with Gasteiger partial charge in [0, 0.05) is 5.39 Å². The second kappa shape index (κ2) is 6.11. The Labute approximate surface area is 160 Å². The molecule has 1 aliphatic rings. The van der Waals surface area contributed by atoms with Crippen molar-refractivity contribution in [1.82, 2.24) is 4.57 Å². The lowest BCUT2D eigenvalue weighted by Gasteiger charge is -2.32. The zero-order valence-electron chi connectivity index (χ0n) is 16.9.